The summed E-state index contributed by atoms with van der Waals surface area (Å²) in [7, 11) is 0. The van der Waals surface area contributed by atoms with Crippen LogP contribution >= 0.6 is 11.8 Å². The van der Waals surface area contributed by atoms with Gasteiger partial charge in [-0.25, -0.2) is 0 Å². The lowest BCUT2D eigenvalue weighted by atomic mass is 10.0. The maximum absolute atomic E-state index is 11.5. The van der Waals surface area contributed by atoms with E-state index < -0.39 is 18.0 Å². The van der Waals surface area contributed by atoms with Crippen molar-refractivity contribution in [3.05, 3.63) is 0 Å². The van der Waals surface area contributed by atoms with Crippen molar-refractivity contribution in [2.75, 3.05) is 25.4 Å². The highest BCUT2D eigenvalue weighted by atomic mass is 32.2. The van der Waals surface area contributed by atoms with Gasteiger partial charge in [0, 0.05) is 31.8 Å². The number of hydrogen-bond donors (Lipinski definition) is 3. The van der Waals surface area contributed by atoms with E-state index in [0.717, 1.165) is 5.75 Å². The Morgan fingerprint density at radius 2 is 2.21 bits per heavy atom. The molecule has 1 rings (SSSR count). The van der Waals surface area contributed by atoms with Crippen molar-refractivity contribution < 1.29 is 24.6 Å². The third kappa shape index (κ3) is 5.93. The van der Waals surface area contributed by atoms with E-state index in [9.17, 15) is 19.5 Å². The van der Waals surface area contributed by atoms with Gasteiger partial charge in [-0.3, -0.25) is 14.4 Å². The summed E-state index contributed by atoms with van der Waals surface area (Å²) in [6.07, 6.45) is -0.288. The number of carbonyl (C=O) groups is 3. The molecule has 1 saturated heterocycles. The Bertz CT molecular complexity index is 372. The number of hydrogen-bond acceptors (Lipinski definition) is 5. The standard InChI is InChI=1S/C11H18N2O5S/c1-11(18,6-9(15)16)7-12-8(14)2-3-13-4-5-19-10(13)17/h18H,2-7H2,1H3,(H,12,14)(H,15,16). The first kappa shape index (κ1) is 15.8. The monoisotopic (exact) mass is 290 g/mol. The van der Waals surface area contributed by atoms with Crippen LogP contribution in [0.4, 0.5) is 4.79 Å². The normalized spacial score (nSPS) is 18.2. The second-order valence-electron chi connectivity index (χ2n) is 4.70. The summed E-state index contributed by atoms with van der Waals surface area (Å²) in [6, 6.07) is 0. The van der Waals surface area contributed by atoms with Crippen molar-refractivity contribution in [1.82, 2.24) is 10.2 Å². The highest BCUT2D eigenvalue weighted by molar-refractivity contribution is 8.13. The molecular weight excluding hydrogens is 272 g/mol. The minimum Gasteiger partial charge on any atom is -0.481 e. The Balaban J connectivity index is 2.24. The summed E-state index contributed by atoms with van der Waals surface area (Å²) in [5.41, 5.74) is -1.47. The molecule has 0 aromatic rings. The number of aliphatic carboxylic acids is 1. The fraction of sp³-hybridized carbons (Fsp3) is 0.727. The number of amides is 2. The van der Waals surface area contributed by atoms with Crippen molar-refractivity contribution in [2.24, 2.45) is 0 Å². The molecule has 0 aromatic carbocycles. The van der Waals surface area contributed by atoms with Gasteiger partial charge in [-0.2, -0.15) is 0 Å². The summed E-state index contributed by atoms with van der Waals surface area (Å²) in [5.74, 6) is -0.692. The first-order valence-electron chi connectivity index (χ1n) is 5.93. The van der Waals surface area contributed by atoms with Gasteiger partial charge in [0.15, 0.2) is 0 Å². The lowest BCUT2D eigenvalue weighted by molar-refractivity contribution is -0.142. The van der Waals surface area contributed by atoms with E-state index in [1.807, 2.05) is 0 Å². The van der Waals surface area contributed by atoms with Crippen LogP contribution in [0.15, 0.2) is 0 Å². The Kier molecular flexibility index (Phi) is 5.61. The number of nitrogens with zero attached hydrogens (tertiary/aromatic N) is 1. The maximum Gasteiger partial charge on any atom is 0.306 e. The number of carboxylic acids is 1. The molecule has 1 fully saturated rings. The van der Waals surface area contributed by atoms with E-state index in [2.05, 4.69) is 5.32 Å². The van der Waals surface area contributed by atoms with Gasteiger partial charge in [0.1, 0.15) is 0 Å². The van der Waals surface area contributed by atoms with E-state index >= 15 is 0 Å². The van der Waals surface area contributed by atoms with E-state index in [1.165, 1.54) is 18.7 Å². The zero-order valence-electron chi connectivity index (χ0n) is 10.7. The van der Waals surface area contributed by atoms with Crippen molar-refractivity contribution >= 4 is 28.9 Å². The third-order valence-corrected chi connectivity index (χ3v) is 3.54. The molecule has 2 amide bonds. The Labute approximate surface area is 115 Å². The smallest absolute Gasteiger partial charge is 0.306 e. The largest absolute Gasteiger partial charge is 0.481 e. The number of aliphatic hydroxyl groups is 1. The molecule has 0 bridgehead atoms. The van der Waals surface area contributed by atoms with Crippen LogP contribution in [0, 0.1) is 0 Å². The lowest BCUT2D eigenvalue weighted by Gasteiger charge is -2.22. The number of carbonyl (C=O) groups excluding carboxylic acids is 2. The summed E-state index contributed by atoms with van der Waals surface area (Å²) in [6.45, 7) is 2.22. The minimum atomic E-state index is -1.47. The molecule has 8 heteroatoms. The van der Waals surface area contributed by atoms with Crippen LogP contribution in [-0.4, -0.2) is 63.2 Å². The summed E-state index contributed by atoms with van der Waals surface area (Å²) < 4.78 is 0. The Morgan fingerprint density at radius 1 is 1.53 bits per heavy atom. The predicted molar refractivity (Wildman–Crippen MR) is 69.9 cm³/mol. The number of carboxylic acid groups (broad SMARTS) is 1. The molecule has 108 valence electrons. The van der Waals surface area contributed by atoms with Crippen molar-refractivity contribution in [3.8, 4) is 0 Å². The second kappa shape index (κ2) is 6.76. The van der Waals surface area contributed by atoms with Gasteiger partial charge < -0.3 is 20.4 Å². The lowest BCUT2D eigenvalue weighted by Crippen LogP contribution is -2.42. The summed E-state index contributed by atoms with van der Waals surface area (Å²) in [4.78, 5) is 34.9. The van der Waals surface area contributed by atoms with Gasteiger partial charge in [0.2, 0.25) is 5.91 Å². The second-order valence-corrected chi connectivity index (χ2v) is 5.74. The van der Waals surface area contributed by atoms with Crippen LogP contribution in [0.25, 0.3) is 0 Å². The van der Waals surface area contributed by atoms with Gasteiger partial charge in [0.25, 0.3) is 5.24 Å². The molecule has 1 atom stereocenters. The number of rotatable bonds is 7. The van der Waals surface area contributed by atoms with E-state index in [4.69, 9.17) is 5.11 Å². The molecule has 0 spiro atoms. The van der Waals surface area contributed by atoms with Crippen LogP contribution in [0.3, 0.4) is 0 Å². The zero-order valence-corrected chi connectivity index (χ0v) is 11.5. The maximum atomic E-state index is 11.5. The van der Waals surface area contributed by atoms with Crippen molar-refractivity contribution in [2.45, 2.75) is 25.4 Å². The highest BCUT2D eigenvalue weighted by Crippen LogP contribution is 2.17. The average molecular weight is 290 g/mol. The highest BCUT2D eigenvalue weighted by Gasteiger charge is 2.25. The fourth-order valence-electron chi connectivity index (χ4n) is 1.63. The van der Waals surface area contributed by atoms with E-state index in [-0.39, 0.29) is 24.1 Å². The summed E-state index contributed by atoms with van der Waals surface area (Å²) >= 11 is 1.23. The molecule has 1 unspecified atom stereocenters. The molecule has 19 heavy (non-hydrogen) atoms. The molecule has 0 aromatic heterocycles. The molecule has 3 N–H and O–H groups in total. The molecule has 1 heterocycles. The molecule has 0 aliphatic carbocycles. The molecular formula is C11H18N2O5S. The van der Waals surface area contributed by atoms with E-state index in [0.29, 0.717) is 13.1 Å². The molecule has 0 radical (unpaired) electrons. The van der Waals surface area contributed by atoms with Gasteiger partial charge in [-0.15, -0.1) is 0 Å². The van der Waals surface area contributed by atoms with Gasteiger partial charge >= 0.3 is 5.97 Å². The van der Waals surface area contributed by atoms with Gasteiger partial charge in [-0.1, -0.05) is 11.8 Å². The number of thioether (sulfide) groups is 1. The Hall–Kier alpha value is -1.28. The van der Waals surface area contributed by atoms with Gasteiger partial charge in [-0.05, 0) is 6.92 Å². The molecule has 7 nitrogen and oxygen atoms in total. The predicted octanol–water partition coefficient (Wildman–Crippen LogP) is -0.113. The molecule has 1 aliphatic rings. The van der Waals surface area contributed by atoms with Crippen LogP contribution < -0.4 is 5.32 Å². The zero-order chi connectivity index (χ0) is 14.5. The van der Waals surface area contributed by atoms with E-state index in [1.54, 1.807) is 4.90 Å². The molecule has 1 aliphatic heterocycles. The minimum absolute atomic E-state index is 0.0225. The third-order valence-electron chi connectivity index (χ3n) is 2.65. The average Bonchev–Trinajstić information content (AvgIpc) is 2.68. The number of nitrogens with one attached hydrogen (secondary N) is 1. The van der Waals surface area contributed by atoms with Crippen LogP contribution in [0.2, 0.25) is 0 Å². The van der Waals surface area contributed by atoms with Crippen LogP contribution in [0.5, 0.6) is 0 Å². The van der Waals surface area contributed by atoms with Crippen LogP contribution in [-0.2, 0) is 9.59 Å². The first-order valence-corrected chi connectivity index (χ1v) is 6.91. The topological polar surface area (TPSA) is 107 Å². The van der Waals surface area contributed by atoms with Crippen molar-refractivity contribution in [1.29, 1.82) is 0 Å². The quantitative estimate of drug-likeness (QED) is 0.604. The van der Waals surface area contributed by atoms with Crippen LogP contribution in [0.1, 0.15) is 19.8 Å². The van der Waals surface area contributed by atoms with Crippen molar-refractivity contribution in [3.63, 3.8) is 0 Å². The first-order chi connectivity index (χ1) is 8.80. The van der Waals surface area contributed by atoms with Gasteiger partial charge in [0.05, 0.1) is 12.0 Å². The Morgan fingerprint density at radius 3 is 2.74 bits per heavy atom. The molecule has 0 saturated carbocycles. The fourth-order valence-corrected chi connectivity index (χ4v) is 2.48. The summed E-state index contributed by atoms with van der Waals surface area (Å²) in [5, 5.41) is 20.7. The SMILES string of the molecule is CC(O)(CNC(=O)CCN1CCSC1=O)CC(=O)O.